The molecule has 0 aromatic rings. The quantitative estimate of drug-likeness (QED) is 0.555. The number of thioether (sulfide) groups is 1. The van der Waals surface area contributed by atoms with Gasteiger partial charge in [-0.05, 0) is 6.92 Å². The fourth-order valence-corrected chi connectivity index (χ4v) is 1.84. The minimum absolute atomic E-state index is 0.0383. The topological polar surface area (TPSA) is 76.0 Å². The van der Waals surface area contributed by atoms with E-state index in [0.717, 1.165) is 0 Å². The number of carboxylic acid groups (broad SMARTS) is 1. The van der Waals surface area contributed by atoms with Gasteiger partial charge in [0, 0.05) is 18.6 Å². The lowest BCUT2D eigenvalue weighted by Gasteiger charge is -2.15. The van der Waals surface area contributed by atoms with Crippen LogP contribution < -0.4 is 0 Å². The van der Waals surface area contributed by atoms with Crippen molar-refractivity contribution in [2.45, 2.75) is 25.6 Å². The number of aliphatic hydroxyl groups is 1. The van der Waals surface area contributed by atoms with Crippen LogP contribution in [0.2, 0.25) is 0 Å². The van der Waals surface area contributed by atoms with E-state index in [1.807, 2.05) is 6.92 Å². The normalized spacial score (nSPS) is 14.7. The van der Waals surface area contributed by atoms with Crippen LogP contribution in [0.5, 0.6) is 0 Å². The molecule has 0 spiro atoms. The lowest BCUT2D eigenvalue weighted by atomic mass is 10.4. The third-order valence-corrected chi connectivity index (χ3v) is 2.86. The molecule has 0 amide bonds. The van der Waals surface area contributed by atoms with E-state index in [1.165, 1.54) is 11.8 Å². The van der Waals surface area contributed by atoms with Gasteiger partial charge in [-0.25, -0.2) is 0 Å². The molecule has 0 bridgehead atoms. The molecule has 0 aliphatic carbocycles. The summed E-state index contributed by atoms with van der Waals surface area (Å²) in [7, 11) is 1.60. The van der Waals surface area contributed by atoms with E-state index in [0.29, 0.717) is 18.1 Å². The standard InChI is InChI=1S/C10H20O5S/c1-8(5-14-2)15-6-9(11)7-16-4-3-10(12)13/h8-9,11H,3-7H2,1-2H3,(H,12,13). The summed E-state index contributed by atoms with van der Waals surface area (Å²) < 4.78 is 10.2. The fraction of sp³-hybridized carbons (Fsp3) is 0.900. The summed E-state index contributed by atoms with van der Waals surface area (Å²) in [5, 5.41) is 17.9. The van der Waals surface area contributed by atoms with Gasteiger partial charge < -0.3 is 19.7 Å². The van der Waals surface area contributed by atoms with Crippen LogP contribution in [0.25, 0.3) is 0 Å². The van der Waals surface area contributed by atoms with Crippen molar-refractivity contribution in [2.75, 3.05) is 31.8 Å². The minimum atomic E-state index is -0.813. The smallest absolute Gasteiger partial charge is 0.304 e. The van der Waals surface area contributed by atoms with E-state index >= 15 is 0 Å². The molecule has 0 rings (SSSR count). The van der Waals surface area contributed by atoms with Crippen molar-refractivity contribution in [1.29, 1.82) is 0 Å². The maximum absolute atomic E-state index is 10.2. The molecule has 0 aliphatic rings. The van der Waals surface area contributed by atoms with Crippen molar-refractivity contribution in [3.05, 3.63) is 0 Å². The monoisotopic (exact) mass is 252 g/mol. The molecule has 2 unspecified atom stereocenters. The van der Waals surface area contributed by atoms with Gasteiger partial charge in [-0.3, -0.25) is 4.79 Å². The third kappa shape index (κ3) is 10.2. The molecule has 0 fully saturated rings. The van der Waals surface area contributed by atoms with Crippen LogP contribution >= 0.6 is 11.8 Å². The van der Waals surface area contributed by atoms with Gasteiger partial charge in [0.1, 0.15) is 0 Å². The fourth-order valence-electron chi connectivity index (χ4n) is 0.985. The Morgan fingerprint density at radius 3 is 2.69 bits per heavy atom. The second kappa shape index (κ2) is 9.89. The molecule has 0 saturated carbocycles. The number of carbonyl (C=O) groups is 1. The van der Waals surface area contributed by atoms with Crippen LogP contribution in [0.4, 0.5) is 0 Å². The van der Waals surface area contributed by atoms with Crippen molar-refractivity contribution in [1.82, 2.24) is 0 Å². The second-order valence-corrected chi connectivity index (χ2v) is 4.62. The Balaban J connectivity index is 3.37. The first kappa shape index (κ1) is 15.7. The van der Waals surface area contributed by atoms with E-state index in [1.54, 1.807) is 7.11 Å². The molecule has 0 aromatic heterocycles. The Kier molecular flexibility index (Phi) is 9.71. The van der Waals surface area contributed by atoms with Crippen LogP contribution in [-0.2, 0) is 14.3 Å². The maximum Gasteiger partial charge on any atom is 0.304 e. The molecule has 2 atom stereocenters. The molecule has 96 valence electrons. The zero-order valence-corrected chi connectivity index (χ0v) is 10.5. The number of methoxy groups -OCH3 is 1. The first-order valence-corrected chi connectivity index (χ1v) is 6.29. The first-order chi connectivity index (χ1) is 7.56. The van der Waals surface area contributed by atoms with Crippen molar-refractivity contribution < 1.29 is 24.5 Å². The third-order valence-electron chi connectivity index (χ3n) is 1.75. The van der Waals surface area contributed by atoms with Gasteiger partial charge in [0.2, 0.25) is 0 Å². The van der Waals surface area contributed by atoms with E-state index in [9.17, 15) is 9.90 Å². The zero-order chi connectivity index (χ0) is 12.4. The first-order valence-electron chi connectivity index (χ1n) is 5.14. The van der Waals surface area contributed by atoms with Gasteiger partial charge in [-0.15, -0.1) is 0 Å². The number of aliphatic hydroxyl groups excluding tert-OH is 1. The van der Waals surface area contributed by atoms with Crippen LogP contribution in [-0.4, -0.2) is 60.2 Å². The summed E-state index contributed by atoms with van der Waals surface area (Å²) in [6.45, 7) is 2.62. The maximum atomic E-state index is 10.2. The Morgan fingerprint density at radius 1 is 1.44 bits per heavy atom. The lowest BCUT2D eigenvalue weighted by molar-refractivity contribution is -0.136. The molecule has 6 heteroatoms. The van der Waals surface area contributed by atoms with Gasteiger partial charge in [0.25, 0.3) is 0 Å². The predicted molar refractivity (Wildman–Crippen MR) is 62.9 cm³/mol. The van der Waals surface area contributed by atoms with Gasteiger partial charge >= 0.3 is 5.97 Å². The number of aliphatic carboxylic acids is 1. The highest BCUT2D eigenvalue weighted by Crippen LogP contribution is 2.06. The number of hydrogen-bond donors (Lipinski definition) is 2. The molecule has 5 nitrogen and oxygen atoms in total. The predicted octanol–water partition coefficient (Wildman–Crippen LogP) is 0.607. The van der Waals surface area contributed by atoms with Crippen molar-refractivity contribution in [3.8, 4) is 0 Å². The van der Waals surface area contributed by atoms with Gasteiger partial charge in [0.05, 0.1) is 31.8 Å². The molecule has 0 aliphatic heterocycles. The summed E-state index contributed by atoms with van der Waals surface area (Å²) >= 11 is 1.41. The molecule has 0 heterocycles. The number of hydrogen-bond acceptors (Lipinski definition) is 5. The Bertz CT molecular complexity index is 188. The minimum Gasteiger partial charge on any atom is -0.481 e. The summed E-state index contributed by atoms with van der Waals surface area (Å²) in [4.78, 5) is 10.2. The number of ether oxygens (including phenoxy) is 2. The van der Waals surface area contributed by atoms with E-state index < -0.39 is 12.1 Å². The highest BCUT2D eigenvalue weighted by molar-refractivity contribution is 7.99. The molecule has 2 N–H and O–H groups in total. The van der Waals surface area contributed by atoms with Crippen LogP contribution in [0.15, 0.2) is 0 Å². The van der Waals surface area contributed by atoms with E-state index in [4.69, 9.17) is 14.6 Å². The highest BCUT2D eigenvalue weighted by Gasteiger charge is 2.08. The molecule has 0 saturated heterocycles. The Morgan fingerprint density at radius 2 is 2.12 bits per heavy atom. The lowest BCUT2D eigenvalue weighted by Crippen LogP contribution is -2.24. The summed E-state index contributed by atoms with van der Waals surface area (Å²) in [5.74, 6) is 0.194. The van der Waals surface area contributed by atoms with Crippen molar-refractivity contribution in [2.24, 2.45) is 0 Å². The van der Waals surface area contributed by atoms with Crippen LogP contribution in [0.3, 0.4) is 0 Å². The molecular weight excluding hydrogens is 232 g/mol. The van der Waals surface area contributed by atoms with Crippen molar-refractivity contribution in [3.63, 3.8) is 0 Å². The Labute approximate surface area is 100 Å². The van der Waals surface area contributed by atoms with E-state index in [2.05, 4.69) is 0 Å². The van der Waals surface area contributed by atoms with Crippen LogP contribution in [0, 0.1) is 0 Å². The number of carboxylic acids is 1. The second-order valence-electron chi connectivity index (χ2n) is 3.47. The van der Waals surface area contributed by atoms with E-state index in [-0.39, 0.29) is 19.1 Å². The summed E-state index contributed by atoms with van der Waals surface area (Å²) in [5.41, 5.74) is 0. The average Bonchev–Trinajstić information content (AvgIpc) is 2.22. The van der Waals surface area contributed by atoms with Crippen molar-refractivity contribution >= 4 is 17.7 Å². The summed E-state index contributed by atoms with van der Waals surface area (Å²) in [6.07, 6.45) is -0.472. The SMILES string of the molecule is COCC(C)OCC(O)CSCCC(=O)O. The molecule has 0 aromatic carbocycles. The highest BCUT2D eigenvalue weighted by atomic mass is 32.2. The zero-order valence-electron chi connectivity index (χ0n) is 9.72. The van der Waals surface area contributed by atoms with Gasteiger partial charge in [0.15, 0.2) is 0 Å². The average molecular weight is 252 g/mol. The molecular formula is C10H20O5S. The van der Waals surface area contributed by atoms with Gasteiger partial charge in [-0.2, -0.15) is 11.8 Å². The molecule has 0 radical (unpaired) electrons. The van der Waals surface area contributed by atoms with Gasteiger partial charge in [-0.1, -0.05) is 0 Å². The molecule has 16 heavy (non-hydrogen) atoms. The number of rotatable bonds is 10. The summed E-state index contributed by atoms with van der Waals surface area (Å²) in [6, 6.07) is 0. The van der Waals surface area contributed by atoms with Crippen LogP contribution in [0.1, 0.15) is 13.3 Å². The largest absolute Gasteiger partial charge is 0.481 e. The Hall–Kier alpha value is -0.300.